The summed E-state index contributed by atoms with van der Waals surface area (Å²) in [5, 5.41) is 0. The molecule has 1 heterocycles. The van der Waals surface area contributed by atoms with Crippen molar-refractivity contribution in [3.05, 3.63) is 29.8 Å². The third-order valence-corrected chi connectivity index (χ3v) is 2.88. The third kappa shape index (κ3) is 0.927. The lowest BCUT2D eigenvalue weighted by Gasteiger charge is -2.29. The molecule has 0 fully saturated rings. The maximum absolute atomic E-state index is 2.36. The molecule has 0 N–H and O–H groups in total. The number of para-hydroxylation sites is 1. The van der Waals surface area contributed by atoms with Crippen LogP contribution in [0.3, 0.4) is 0 Å². The summed E-state index contributed by atoms with van der Waals surface area (Å²) >= 11 is 0. The van der Waals surface area contributed by atoms with E-state index in [4.69, 9.17) is 0 Å². The minimum Gasteiger partial charge on any atom is -0.369 e. The van der Waals surface area contributed by atoms with E-state index in [1.165, 1.54) is 17.7 Å². The number of benzene rings is 1. The van der Waals surface area contributed by atoms with Crippen molar-refractivity contribution in [3.8, 4) is 0 Å². The number of anilines is 1. The number of hydrogen-bond acceptors (Lipinski definition) is 1. The molecular formula is C11H15N. The Kier molecular flexibility index (Phi) is 1.44. The van der Waals surface area contributed by atoms with Gasteiger partial charge >= 0.3 is 0 Å². The van der Waals surface area contributed by atoms with E-state index in [-0.39, 0.29) is 0 Å². The summed E-state index contributed by atoms with van der Waals surface area (Å²) in [6, 6.07) is 8.65. The van der Waals surface area contributed by atoms with E-state index in [2.05, 4.69) is 50.1 Å². The van der Waals surface area contributed by atoms with Crippen molar-refractivity contribution in [3.63, 3.8) is 0 Å². The summed E-state index contributed by atoms with van der Waals surface area (Å²) in [6.07, 6.45) is 1.17. The van der Waals surface area contributed by atoms with E-state index in [1.807, 2.05) is 0 Å². The summed E-state index contributed by atoms with van der Waals surface area (Å²) in [5.74, 6) is 0. The summed E-state index contributed by atoms with van der Waals surface area (Å²) in [6.45, 7) is 4.57. The van der Waals surface area contributed by atoms with Gasteiger partial charge in [-0.05, 0) is 31.9 Å². The second-order valence-electron chi connectivity index (χ2n) is 4.18. The molecule has 0 radical (unpaired) electrons. The Bertz CT molecular complexity index is 302. The molecule has 1 heteroatoms. The lowest BCUT2D eigenvalue weighted by atomic mass is 10.00. The Morgan fingerprint density at radius 1 is 1.25 bits per heavy atom. The van der Waals surface area contributed by atoms with Gasteiger partial charge in [0.05, 0.1) is 0 Å². The average Bonchev–Trinajstić information content (AvgIpc) is 2.24. The molecule has 2 rings (SSSR count). The van der Waals surface area contributed by atoms with Crippen LogP contribution in [0.15, 0.2) is 24.3 Å². The van der Waals surface area contributed by atoms with Gasteiger partial charge in [-0.1, -0.05) is 18.2 Å². The standard InChI is InChI=1S/C11H15N/c1-11(2)8-9-6-4-5-7-10(9)12(11)3/h4-7H,8H2,1-3H3. The van der Waals surface area contributed by atoms with E-state index < -0.39 is 0 Å². The van der Waals surface area contributed by atoms with Gasteiger partial charge in [0.15, 0.2) is 0 Å². The zero-order valence-corrected chi connectivity index (χ0v) is 7.96. The highest BCUT2D eigenvalue weighted by Gasteiger charge is 2.32. The van der Waals surface area contributed by atoms with Gasteiger partial charge in [0.25, 0.3) is 0 Å². The molecule has 1 aromatic rings. The molecule has 0 aromatic heterocycles. The van der Waals surface area contributed by atoms with Gasteiger partial charge in [-0.15, -0.1) is 0 Å². The zero-order chi connectivity index (χ0) is 8.77. The summed E-state index contributed by atoms with van der Waals surface area (Å²) < 4.78 is 0. The second kappa shape index (κ2) is 2.25. The first-order valence-electron chi connectivity index (χ1n) is 4.43. The van der Waals surface area contributed by atoms with E-state index in [0.717, 1.165) is 0 Å². The van der Waals surface area contributed by atoms with Crippen LogP contribution in [0.5, 0.6) is 0 Å². The smallest absolute Gasteiger partial charge is 0.0401 e. The van der Waals surface area contributed by atoms with E-state index in [9.17, 15) is 0 Å². The summed E-state index contributed by atoms with van der Waals surface area (Å²) in [5.41, 5.74) is 3.16. The molecular weight excluding hydrogens is 146 g/mol. The fourth-order valence-corrected chi connectivity index (χ4v) is 1.90. The predicted molar refractivity (Wildman–Crippen MR) is 52.6 cm³/mol. The van der Waals surface area contributed by atoms with Gasteiger partial charge in [-0.2, -0.15) is 0 Å². The highest BCUT2D eigenvalue weighted by atomic mass is 15.2. The molecule has 1 aliphatic heterocycles. The van der Waals surface area contributed by atoms with Gasteiger partial charge in [0.2, 0.25) is 0 Å². The predicted octanol–water partition coefficient (Wildman–Crippen LogP) is 2.46. The highest BCUT2D eigenvalue weighted by molar-refractivity contribution is 5.60. The van der Waals surface area contributed by atoms with Crippen LogP contribution in [0, 0.1) is 0 Å². The first-order chi connectivity index (χ1) is 5.61. The molecule has 64 valence electrons. The van der Waals surface area contributed by atoms with Gasteiger partial charge < -0.3 is 4.90 Å². The molecule has 0 amide bonds. The van der Waals surface area contributed by atoms with Gasteiger partial charge in [-0.25, -0.2) is 0 Å². The first-order valence-corrected chi connectivity index (χ1v) is 4.43. The fraction of sp³-hybridized carbons (Fsp3) is 0.455. The monoisotopic (exact) mass is 161 g/mol. The van der Waals surface area contributed by atoms with E-state index in [0.29, 0.717) is 5.54 Å². The van der Waals surface area contributed by atoms with Gasteiger partial charge in [-0.3, -0.25) is 0 Å². The highest BCUT2D eigenvalue weighted by Crippen LogP contribution is 2.36. The Morgan fingerprint density at radius 3 is 2.58 bits per heavy atom. The topological polar surface area (TPSA) is 3.24 Å². The number of fused-ring (bicyclic) bond motifs is 1. The normalized spacial score (nSPS) is 19.4. The average molecular weight is 161 g/mol. The summed E-state index contributed by atoms with van der Waals surface area (Å²) in [7, 11) is 2.17. The fourth-order valence-electron chi connectivity index (χ4n) is 1.90. The van der Waals surface area contributed by atoms with Crippen LogP contribution in [0.2, 0.25) is 0 Å². The molecule has 1 nitrogen and oxygen atoms in total. The summed E-state index contributed by atoms with van der Waals surface area (Å²) in [4.78, 5) is 2.36. The Hall–Kier alpha value is -0.980. The van der Waals surface area contributed by atoms with E-state index in [1.54, 1.807) is 0 Å². The molecule has 1 aromatic carbocycles. The molecule has 0 bridgehead atoms. The van der Waals surface area contributed by atoms with Crippen LogP contribution in [0.1, 0.15) is 19.4 Å². The molecule has 0 atom stereocenters. The zero-order valence-electron chi connectivity index (χ0n) is 7.96. The van der Waals surface area contributed by atoms with Crippen LogP contribution in [-0.4, -0.2) is 12.6 Å². The van der Waals surface area contributed by atoms with Crippen LogP contribution < -0.4 is 4.90 Å². The second-order valence-corrected chi connectivity index (χ2v) is 4.18. The van der Waals surface area contributed by atoms with Crippen molar-refractivity contribution < 1.29 is 0 Å². The molecule has 0 unspecified atom stereocenters. The number of hydrogen-bond donors (Lipinski definition) is 0. The SMILES string of the molecule is CN1c2ccccc2CC1(C)C. The van der Waals surface area contributed by atoms with E-state index >= 15 is 0 Å². The minimum absolute atomic E-state index is 0.295. The van der Waals surface area contributed by atoms with Crippen LogP contribution in [0.25, 0.3) is 0 Å². The molecule has 12 heavy (non-hydrogen) atoms. The Balaban J connectivity index is 2.49. The van der Waals surface area contributed by atoms with Crippen molar-refractivity contribution in [2.75, 3.05) is 11.9 Å². The van der Waals surface area contributed by atoms with Crippen LogP contribution >= 0.6 is 0 Å². The third-order valence-electron chi connectivity index (χ3n) is 2.88. The Morgan fingerprint density at radius 2 is 1.92 bits per heavy atom. The van der Waals surface area contributed by atoms with Crippen molar-refractivity contribution in [1.82, 2.24) is 0 Å². The molecule has 1 aliphatic rings. The van der Waals surface area contributed by atoms with Gasteiger partial charge in [0.1, 0.15) is 0 Å². The maximum atomic E-state index is 2.36. The quantitative estimate of drug-likeness (QED) is 0.565. The molecule has 0 spiro atoms. The Labute approximate surface area is 74.0 Å². The number of likely N-dealkylation sites (N-methyl/N-ethyl adjacent to an activating group) is 1. The molecule has 0 aliphatic carbocycles. The number of rotatable bonds is 0. The van der Waals surface area contributed by atoms with Crippen molar-refractivity contribution in [2.45, 2.75) is 25.8 Å². The molecule has 0 saturated heterocycles. The van der Waals surface area contributed by atoms with Crippen molar-refractivity contribution >= 4 is 5.69 Å². The maximum Gasteiger partial charge on any atom is 0.0401 e. The largest absolute Gasteiger partial charge is 0.369 e. The lowest BCUT2D eigenvalue weighted by Crippen LogP contribution is -2.37. The molecule has 0 saturated carbocycles. The van der Waals surface area contributed by atoms with Crippen molar-refractivity contribution in [2.24, 2.45) is 0 Å². The minimum atomic E-state index is 0.295. The number of nitrogens with zero attached hydrogens (tertiary/aromatic N) is 1. The van der Waals surface area contributed by atoms with Crippen LogP contribution in [-0.2, 0) is 6.42 Å². The lowest BCUT2D eigenvalue weighted by molar-refractivity contribution is 0.516. The van der Waals surface area contributed by atoms with Crippen LogP contribution in [0.4, 0.5) is 5.69 Å². The van der Waals surface area contributed by atoms with Gasteiger partial charge in [0, 0.05) is 18.3 Å². The van der Waals surface area contributed by atoms with Crippen molar-refractivity contribution in [1.29, 1.82) is 0 Å². The first kappa shape index (κ1) is 7.66.